The number of nitrogens with one attached hydrogen (secondary N) is 1. The molecule has 4 heteroatoms. The molecule has 2 aliphatic rings. The molecule has 0 heterocycles. The van der Waals surface area contributed by atoms with Gasteiger partial charge in [0, 0.05) is 12.1 Å². The molecule has 0 aromatic heterocycles. The normalized spacial score (nSPS) is 35.1. The highest BCUT2D eigenvalue weighted by Gasteiger charge is 2.49. The summed E-state index contributed by atoms with van der Waals surface area (Å²) < 4.78 is 0. The lowest BCUT2D eigenvalue weighted by molar-refractivity contribution is -0.127. The fourth-order valence-corrected chi connectivity index (χ4v) is 3.75. The number of rotatable bonds is 5. The average Bonchev–Trinajstić information content (AvgIpc) is 2.88. The molecule has 0 spiro atoms. The monoisotopic (exact) mass is 274 g/mol. The maximum Gasteiger partial charge on any atom is 0.225 e. The van der Waals surface area contributed by atoms with Crippen molar-refractivity contribution in [1.29, 1.82) is 0 Å². The van der Waals surface area contributed by atoms with Gasteiger partial charge in [-0.05, 0) is 43.9 Å². The van der Waals surface area contributed by atoms with Crippen molar-refractivity contribution in [2.45, 2.75) is 64.5 Å². The van der Waals surface area contributed by atoms with E-state index in [1.54, 1.807) is 0 Å². The van der Waals surface area contributed by atoms with Crippen LogP contribution in [-0.2, 0) is 4.79 Å². The summed E-state index contributed by atoms with van der Waals surface area (Å²) in [4.78, 5) is 12.3. The Morgan fingerprint density at radius 2 is 2.00 bits per heavy atom. The first-order valence-corrected chi connectivity index (χ1v) is 7.23. The lowest BCUT2D eigenvalue weighted by Gasteiger charge is -2.29. The van der Waals surface area contributed by atoms with Gasteiger partial charge in [-0.25, -0.2) is 0 Å². The Hall–Kier alpha value is -0.280. The highest BCUT2D eigenvalue weighted by Crippen LogP contribution is 2.47. The highest BCUT2D eigenvalue weighted by atomic mass is 35.5. The molecule has 1 amide bonds. The van der Waals surface area contributed by atoms with E-state index >= 15 is 0 Å². The van der Waals surface area contributed by atoms with Crippen LogP contribution in [0.25, 0.3) is 0 Å². The quantitative estimate of drug-likeness (QED) is 0.809. The third-order valence-electron chi connectivity index (χ3n) is 4.76. The van der Waals surface area contributed by atoms with E-state index in [-0.39, 0.29) is 30.3 Å². The summed E-state index contributed by atoms with van der Waals surface area (Å²) in [7, 11) is 0. The molecule has 3 nitrogen and oxygen atoms in total. The Kier molecular flexibility index (Phi) is 5.93. The Morgan fingerprint density at radius 1 is 1.33 bits per heavy atom. The van der Waals surface area contributed by atoms with Gasteiger partial charge in [0.15, 0.2) is 0 Å². The van der Waals surface area contributed by atoms with Gasteiger partial charge in [-0.2, -0.15) is 0 Å². The predicted molar refractivity (Wildman–Crippen MR) is 76.7 cm³/mol. The number of amides is 1. The summed E-state index contributed by atoms with van der Waals surface area (Å²) >= 11 is 0. The molecule has 0 aromatic rings. The second-order valence-electron chi connectivity index (χ2n) is 5.84. The van der Waals surface area contributed by atoms with Gasteiger partial charge in [0.05, 0.1) is 5.92 Å². The van der Waals surface area contributed by atoms with Crippen LogP contribution in [-0.4, -0.2) is 18.0 Å². The van der Waals surface area contributed by atoms with Crippen molar-refractivity contribution in [3.05, 3.63) is 0 Å². The zero-order valence-electron chi connectivity index (χ0n) is 11.5. The number of fused-ring (bicyclic) bond motifs is 2. The zero-order valence-corrected chi connectivity index (χ0v) is 12.3. The Bertz CT molecular complexity index is 283. The third kappa shape index (κ3) is 3.00. The smallest absolute Gasteiger partial charge is 0.225 e. The van der Waals surface area contributed by atoms with Crippen molar-refractivity contribution in [2.75, 3.05) is 0 Å². The number of halogens is 1. The van der Waals surface area contributed by atoms with Crippen LogP contribution in [0, 0.1) is 17.8 Å². The molecule has 18 heavy (non-hydrogen) atoms. The van der Waals surface area contributed by atoms with Gasteiger partial charge >= 0.3 is 0 Å². The first kappa shape index (κ1) is 15.8. The molecular weight excluding hydrogens is 248 g/mol. The van der Waals surface area contributed by atoms with E-state index in [0.29, 0.717) is 17.9 Å². The minimum absolute atomic E-state index is 0. The van der Waals surface area contributed by atoms with Crippen LogP contribution in [0.2, 0.25) is 0 Å². The van der Waals surface area contributed by atoms with E-state index in [1.165, 1.54) is 19.3 Å². The standard InChI is InChI=1S/C14H26N2O.ClH/c1-3-5-11(4-2)16-14(17)12-9-6-7-10(8-9)13(12)15;/h9-13H,3-8,15H2,1-2H3,(H,16,17);1H. The molecule has 5 unspecified atom stereocenters. The number of hydrogen-bond donors (Lipinski definition) is 2. The molecule has 2 aliphatic carbocycles. The van der Waals surface area contributed by atoms with Crippen LogP contribution in [0.4, 0.5) is 0 Å². The molecule has 3 N–H and O–H groups in total. The summed E-state index contributed by atoms with van der Waals surface area (Å²) in [5.41, 5.74) is 6.20. The molecule has 2 rings (SSSR count). The van der Waals surface area contributed by atoms with Crippen molar-refractivity contribution in [3.8, 4) is 0 Å². The summed E-state index contributed by atoms with van der Waals surface area (Å²) in [5, 5.41) is 3.21. The van der Waals surface area contributed by atoms with Gasteiger partial charge in [-0.15, -0.1) is 12.4 Å². The van der Waals surface area contributed by atoms with Crippen molar-refractivity contribution < 1.29 is 4.79 Å². The van der Waals surface area contributed by atoms with Gasteiger partial charge in [0.2, 0.25) is 5.91 Å². The average molecular weight is 275 g/mol. The Morgan fingerprint density at radius 3 is 2.50 bits per heavy atom. The fraction of sp³-hybridized carbons (Fsp3) is 0.929. The molecule has 2 bridgehead atoms. The lowest BCUT2D eigenvalue weighted by Crippen LogP contribution is -2.48. The van der Waals surface area contributed by atoms with Crippen molar-refractivity contribution in [2.24, 2.45) is 23.5 Å². The van der Waals surface area contributed by atoms with E-state index < -0.39 is 0 Å². The van der Waals surface area contributed by atoms with E-state index in [2.05, 4.69) is 19.2 Å². The molecule has 0 aliphatic heterocycles. The Balaban J connectivity index is 0.00000162. The van der Waals surface area contributed by atoms with E-state index in [9.17, 15) is 4.79 Å². The van der Waals surface area contributed by atoms with Crippen molar-refractivity contribution in [3.63, 3.8) is 0 Å². The third-order valence-corrected chi connectivity index (χ3v) is 4.76. The number of nitrogens with two attached hydrogens (primary N) is 1. The Labute approximate surface area is 117 Å². The topological polar surface area (TPSA) is 55.1 Å². The van der Waals surface area contributed by atoms with Crippen LogP contribution in [0.15, 0.2) is 0 Å². The summed E-state index contributed by atoms with van der Waals surface area (Å²) in [6.07, 6.45) is 6.86. The van der Waals surface area contributed by atoms with Crippen LogP contribution in [0.5, 0.6) is 0 Å². The largest absolute Gasteiger partial charge is 0.353 e. The molecule has 0 saturated heterocycles. The van der Waals surface area contributed by atoms with Crippen LogP contribution in [0.3, 0.4) is 0 Å². The highest BCUT2D eigenvalue weighted by molar-refractivity contribution is 5.85. The summed E-state index contributed by atoms with van der Waals surface area (Å²) in [6, 6.07) is 0.465. The van der Waals surface area contributed by atoms with E-state index in [0.717, 1.165) is 19.3 Å². The van der Waals surface area contributed by atoms with Gasteiger partial charge < -0.3 is 11.1 Å². The molecule has 106 valence electrons. The molecular formula is C14H27ClN2O. The molecule has 5 atom stereocenters. The maximum absolute atomic E-state index is 12.3. The van der Waals surface area contributed by atoms with Gasteiger partial charge in [-0.1, -0.05) is 20.3 Å². The van der Waals surface area contributed by atoms with E-state index in [1.807, 2.05) is 0 Å². The van der Waals surface area contributed by atoms with Crippen LogP contribution in [0.1, 0.15) is 52.4 Å². The maximum atomic E-state index is 12.3. The first-order chi connectivity index (χ1) is 8.17. The second kappa shape index (κ2) is 6.76. The minimum Gasteiger partial charge on any atom is -0.353 e. The van der Waals surface area contributed by atoms with Crippen LogP contribution < -0.4 is 11.1 Å². The summed E-state index contributed by atoms with van der Waals surface area (Å²) in [6.45, 7) is 4.30. The number of carbonyl (C=O) groups excluding carboxylic acids is 1. The number of hydrogen-bond acceptors (Lipinski definition) is 2. The van der Waals surface area contributed by atoms with E-state index in [4.69, 9.17) is 5.73 Å². The summed E-state index contributed by atoms with van der Waals surface area (Å²) in [5.74, 6) is 1.50. The SMILES string of the molecule is CCCC(CC)NC(=O)C1C2CCC(C2)C1N.Cl. The second-order valence-corrected chi connectivity index (χ2v) is 5.84. The molecule has 2 saturated carbocycles. The molecule has 0 radical (unpaired) electrons. The predicted octanol–water partition coefficient (Wildman–Crippen LogP) is 2.48. The molecule has 0 aromatic carbocycles. The number of carbonyl (C=O) groups is 1. The fourth-order valence-electron chi connectivity index (χ4n) is 3.75. The van der Waals surface area contributed by atoms with Gasteiger partial charge in [0.25, 0.3) is 0 Å². The van der Waals surface area contributed by atoms with Crippen LogP contribution >= 0.6 is 12.4 Å². The van der Waals surface area contributed by atoms with Gasteiger partial charge in [0.1, 0.15) is 0 Å². The zero-order chi connectivity index (χ0) is 12.4. The molecule has 2 fully saturated rings. The van der Waals surface area contributed by atoms with Crippen molar-refractivity contribution >= 4 is 18.3 Å². The van der Waals surface area contributed by atoms with Gasteiger partial charge in [-0.3, -0.25) is 4.79 Å². The van der Waals surface area contributed by atoms with Crippen molar-refractivity contribution in [1.82, 2.24) is 5.32 Å². The minimum atomic E-state index is 0. The first-order valence-electron chi connectivity index (χ1n) is 7.23. The lowest BCUT2D eigenvalue weighted by atomic mass is 9.84.